The van der Waals surface area contributed by atoms with Gasteiger partial charge in [0.05, 0.1) is 11.8 Å². The predicted molar refractivity (Wildman–Crippen MR) is 69.0 cm³/mol. The lowest BCUT2D eigenvalue weighted by molar-refractivity contribution is 0.0329. The second-order valence-electron chi connectivity index (χ2n) is 6.30. The summed E-state index contributed by atoms with van der Waals surface area (Å²) in [6.45, 7) is 9.80. The lowest BCUT2D eigenvalue weighted by atomic mass is 9.82. The van der Waals surface area contributed by atoms with Gasteiger partial charge in [-0.1, -0.05) is 27.7 Å². The number of aryl methyl sites for hydroxylation is 1. The Hall–Kier alpha value is -0.830. The molecular weight excluding hydrogens is 212 g/mol. The Balaban J connectivity index is 2.16. The van der Waals surface area contributed by atoms with Gasteiger partial charge in [-0.25, -0.2) is 0 Å². The normalized spacial score (nSPS) is 24.8. The zero-order valence-corrected chi connectivity index (χ0v) is 11.4. The number of aliphatic hydroxyl groups is 1. The number of aromatic nitrogens is 2. The molecule has 96 valence electrons. The summed E-state index contributed by atoms with van der Waals surface area (Å²) in [5, 5.41) is 14.0. The fraction of sp³-hybridized carbons (Fsp3) is 0.786. The molecule has 0 aliphatic heterocycles. The van der Waals surface area contributed by atoms with Gasteiger partial charge in [-0.05, 0) is 31.2 Å². The van der Waals surface area contributed by atoms with Crippen LogP contribution in [0.2, 0.25) is 0 Å². The van der Waals surface area contributed by atoms with Crippen molar-refractivity contribution in [2.75, 3.05) is 0 Å². The maximum atomic E-state index is 9.35. The van der Waals surface area contributed by atoms with Crippen LogP contribution in [-0.2, 0) is 18.4 Å². The molecule has 1 saturated carbocycles. The maximum absolute atomic E-state index is 9.35. The van der Waals surface area contributed by atoms with Crippen molar-refractivity contribution in [3.05, 3.63) is 17.5 Å². The molecular formula is C14H24N2O. The Morgan fingerprint density at radius 2 is 2.06 bits per heavy atom. The van der Waals surface area contributed by atoms with E-state index in [0.717, 1.165) is 25.8 Å². The molecule has 0 saturated heterocycles. The molecule has 1 heterocycles. The Bertz CT molecular complexity index is 383. The van der Waals surface area contributed by atoms with E-state index in [-0.39, 0.29) is 11.5 Å². The van der Waals surface area contributed by atoms with Crippen LogP contribution < -0.4 is 0 Å². The Kier molecular flexibility index (Phi) is 3.30. The average Bonchev–Trinajstić information content (AvgIpc) is 2.58. The lowest BCUT2D eigenvalue weighted by Gasteiger charge is -2.32. The lowest BCUT2D eigenvalue weighted by Crippen LogP contribution is -2.33. The minimum absolute atomic E-state index is 0.0701. The first kappa shape index (κ1) is 12.6. The van der Waals surface area contributed by atoms with E-state index in [1.54, 1.807) is 0 Å². The van der Waals surface area contributed by atoms with Gasteiger partial charge >= 0.3 is 0 Å². The number of nitrogens with zero attached hydrogens (tertiary/aromatic N) is 2. The molecule has 1 fully saturated rings. The molecule has 3 heteroatoms. The molecule has 3 nitrogen and oxygen atoms in total. The highest BCUT2D eigenvalue weighted by Crippen LogP contribution is 2.31. The molecule has 0 amide bonds. The molecule has 1 N–H and O–H groups in total. The molecule has 0 aromatic carbocycles. The molecule has 0 radical (unpaired) electrons. The summed E-state index contributed by atoms with van der Waals surface area (Å²) in [6.07, 6.45) is 2.79. The standard InChI is InChI=1S/C14H24N2O/c1-5-11-8-13(14(2,3)4)16(15-11)9-10-6-12(17)7-10/h8,10,12,17H,5-7,9H2,1-4H3. The molecule has 0 bridgehead atoms. The second-order valence-corrected chi connectivity index (χ2v) is 6.30. The van der Waals surface area contributed by atoms with Crippen molar-refractivity contribution in [1.29, 1.82) is 0 Å². The van der Waals surface area contributed by atoms with E-state index in [2.05, 4.69) is 43.5 Å². The van der Waals surface area contributed by atoms with Gasteiger partial charge in [0.25, 0.3) is 0 Å². The smallest absolute Gasteiger partial charge is 0.0625 e. The SMILES string of the molecule is CCc1cc(C(C)(C)C)n(CC2CC(O)C2)n1. The third-order valence-electron chi connectivity index (χ3n) is 3.60. The van der Waals surface area contributed by atoms with E-state index in [1.807, 2.05) is 0 Å². The van der Waals surface area contributed by atoms with Gasteiger partial charge in [-0.15, -0.1) is 0 Å². The molecule has 0 unspecified atom stereocenters. The van der Waals surface area contributed by atoms with E-state index in [9.17, 15) is 5.11 Å². The Morgan fingerprint density at radius 1 is 1.41 bits per heavy atom. The zero-order valence-electron chi connectivity index (χ0n) is 11.4. The van der Waals surface area contributed by atoms with Crippen molar-refractivity contribution in [1.82, 2.24) is 9.78 Å². The van der Waals surface area contributed by atoms with Crippen molar-refractivity contribution in [2.45, 2.75) is 65.0 Å². The molecule has 2 rings (SSSR count). The van der Waals surface area contributed by atoms with Gasteiger partial charge in [0, 0.05) is 17.7 Å². The summed E-state index contributed by atoms with van der Waals surface area (Å²) in [5.41, 5.74) is 2.63. The maximum Gasteiger partial charge on any atom is 0.0625 e. The third kappa shape index (κ3) is 2.71. The summed E-state index contributed by atoms with van der Waals surface area (Å²) in [6, 6.07) is 2.23. The van der Waals surface area contributed by atoms with Crippen molar-refractivity contribution >= 4 is 0 Å². The highest BCUT2D eigenvalue weighted by Gasteiger charge is 2.29. The van der Waals surface area contributed by atoms with Crippen LogP contribution in [-0.4, -0.2) is 21.0 Å². The quantitative estimate of drug-likeness (QED) is 0.875. The monoisotopic (exact) mass is 236 g/mol. The van der Waals surface area contributed by atoms with Crippen LogP contribution >= 0.6 is 0 Å². The van der Waals surface area contributed by atoms with Crippen LogP contribution in [0.1, 0.15) is 51.9 Å². The summed E-state index contributed by atoms with van der Waals surface area (Å²) >= 11 is 0. The van der Waals surface area contributed by atoms with E-state index >= 15 is 0 Å². The number of hydrogen-bond donors (Lipinski definition) is 1. The fourth-order valence-electron chi connectivity index (χ4n) is 2.48. The first-order chi connectivity index (χ1) is 7.90. The summed E-state index contributed by atoms with van der Waals surface area (Å²) < 4.78 is 2.16. The minimum Gasteiger partial charge on any atom is -0.393 e. The van der Waals surface area contributed by atoms with Crippen molar-refractivity contribution in [3.8, 4) is 0 Å². The third-order valence-corrected chi connectivity index (χ3v) is 3.60. The molecule has 1 aliphatic rings. The van der Waals surface area contributed by atoms with Crippen LogP contribution in [0.4, 0.5) is 0 Å². The molecule has 0 atom stereocenters. The summed E-state index contributed by atoms with van der Waals surface area (Å²) in [7, 11) is 0. The molecule has 1 aromatic heterocycles. The van der Waals surface area contributed by atoms with Crippen molar-refractivity contribution < 1.29 is 5.11 Å². The largest absolute Gasteiger partial charge is 0.393 e. The van der Waals surface area contributed by atoms with E-state index in [4.69, 9.17) is 0 Å². The average molecular weight is 236 g/mol. The van der Waals surface area contributed by atoms with E-state index < -0.39 is 0 Å². The molecule has 1 aliphatic carbocycles. The summed E-state index contributed by atoms with van der Waals surface area (Å²) in [4.78, 5) is 0. The number of aliphatic hydroxyl groups excluding tert-OH is 1. The van der Waals surface area contributed by atoms with Crippen molar-refractivity contribution in [2.24, 2.45) is 5.92 Å². The second kappa shape index (κ2) is 4.45. The topological polar surface area (TPSA) is 38.0 Å². The van der Waals surface area contributed by atoms with Gasteiger partial charge in [0.2, 0.25) is 0 Å². The van der Waals surface area contributed by atoms with Crippen LogP contribution in [0.15, 0.2) is 6.07 Å². The van der Waals surface area contributed by atoms with Gasteiger partial charge in [-0.3, -0.25) is 4.68 Å². The van der Waals surface area contributed by atoms with E-state index in [0.29, 0.717) is 5.92 Å². The Morgan fingerprint density at radius 3 is 2.53 bits per heavy atom. The van der Waals surface area contributed by atoms with Crippen molar-refractivity contribution in [3.63, 3.8) is 0 Å². The molecule has 1 aromatic rings. The first-order valence-corrected chi connectivity index (χ1v) is 6.65. The molecule has 0 spiro atoms. The van der Waals surface area contributed by atoms with Gasteiger partial charge in [0.15, 0.2) is 0 Å². The van der Waals surface area contributed by atoms with Gasteiger partial charge < -0.3 is 5.11 Å². The Labute approximate surface area is 104 Å². The zero-order chi connectivity index (χ0) is 12.6. The highest BCUT2D eigenvalue weighted by molar-refractivity contribution is 5.18. The van der Waals surface area contributed by atoms with Crippen LogP contribution in [0.25, 0.3) is 0 Å². The van der Waals surface area contributed by atoms with Gasteiger partial charge in [-0.2, -0.15) is 5.10 Å². The van der Waals surface area contributed by atoms with E-state index in [1.165, 1.54) is 11.4 Å². The summed E-state index contributed by atoms with van der Waals surface area (Å²) in [5.74, 6) is 0.607. The van der Waals surface area contributed by atoms with Crippen LogP contribution in [0, 0.1) is 5.92 Å². The minimum atomic E-state index is -0.0701. The predicted octanol–water partition coefficient (Wildman–Crippen LogP) is 2.51. The first-order valence-electron chi connectivity index (χ1n) is 6.65. The van der Waals surface area contributed by atoms with Crippen LogP contribution in [0.5, 0.6) is 0 Å². The number of rotatable bonds is 3. The number of hydrogen-bond acceptors (Lipinski definition) is 2. The molecule has 17 heavy (non-hydrogen) atoms. The van der Waals surface area contributed by atoms with Gasteiger partial charge in [0.1, 0.15) is 0 Å². The van der Waals surface area contributed by atoms with Crippen LogP contribution in [0.3, 0.4) is 0 Å². The highest BCUT2D eigenvalue weighted by atomic mass is 16.3. The fourth-order valence-corrected chi connectivity index (χ4v) is 2.48.